The van der Waals surface area contributed by atoms with Crippen molar-refractivity contribution in [2.24, 2.45) is 5.10 Å². The van der Waals surface area contributed by atoms with Gasteiger partial charge in [-0.15, -0.1) is 13.2 Å². The van der Waals surface area contributed by atoms with E-state index in [-0.39, 0.29) is 17.8 Å². The van der Waals surface area contributed by atoms with Gasteiger partial charge in [-0.3, -0.25) is 0 Å². The number of alkyl halides is 3. The van der Waals surface area contributed by atoms with Gasteiger partial charge in [-0.05, 0) is 42.0 Å². The number of nitrogens with one attached hydrogen (secondary N) is 1. The van der Waals surface area contributed by atoms with Crippen molar-refractivity contribution in [3.8, 4) is 5.75 Å². The number of methoxy groups -OCH3 is 2. The summed E-state index contributed by atoms with van der Waals surface area (Å²) in [5, 5.41) is 15.1. The Labute approximate surface area is 200 Å². The molecule has 0 aliphatic heterocycles. The van der Waals surface area contributed by atoms with Crippen LogP contribution in [0, 0.1) is 0 Å². The Hall–Kier alpha value is -3.84. The minimum Gasteiger partial charge on any atom is -0.467 e. The molecule has 1 unspecified atom stereocenters. The number of hydrogen-bond acceptors (Lipinski definition) is 8. The van der Waals surface area contributed by atoms with E-state index in [0.29, 0.717) is 21.0 Å². The van der Waals surface area contributed by atoms with Crippen LogP contribution in [0.25, 0.3) is 0 Å². The molecule has 0 heterocycles. The molecule has 0 saturated heterocycles. The number of rotatable bonds is 4. The molecule has 1 atom stereocenters. The van der Waals surface area contributed by atoms with Gasteiger partial charge in [0.05, 0.1) is 19.9 Å². The van der Waals surface area contributed by atoms with Crippen molar-refractivity contribution in [2.75, 3.05) is 19.1 Å². The number of amides is 3. The van der Waals surface area contributed by atoms with E-state index in [4.69, 9.17) is 11.6 Å². The number of esters is 1. The van der Waals surface area contributed by atoms with Crippen LogP contribution in [0.2, 0.25) is 5.02 Å². The van der Waals surface area contributed by atoms with Crippen molar-refractivity contribution >= 4 is 41.1 Å². The second-order valence-electron chi connectivity index (χ2n) is 7.05. The molecule has 186 valence electrons. The zero-order valence-electron chi connectivity index (χ0n) is 18.1. The average Bonchev–Trinajstić information content (AvgIpc) is 3.08. The molecule has 14 heteroatoms. The van der Waals surface area contributed by atoms with Crippen LogP contribution in [-0.4, -0.2) is 55.1 Å². The van der Waals surface area contributed by atoms with Gasteiger partial charge >= 0.3 is 24.5 Å². The monoisotopic (exact) mass is 515 g/mol. The van der Waals surface area contributed by atoms with Gasteiger partial charge in [0.1, 0.15) is 11.5 Å². The molecule has 0 fully saturated rings. The minimum absolute atomic E-state index is 0.189. The molecule has 1 aliphatic rings. The molecule has 1 aliphatic carbocycles. The first-order chi connectivity index (χ1) is 16.4. The third kappa shape index (κ3) is 5.46. The van der Waals surface area contributed by atoms with Gasteiger partial charge in [-0.1, -0.05) is 17.7 Å². The lowest BCUT2D eigenvalue weighted by Crippen LogP contribution is -2.48. The molecular weight excluding hydrogens is 499 g/mol. The number of ether oxygens (including phenoxy) is 3. The standard InChI is InChI=1S/C21H17ClF3N3O7/c1-33-17(29)20(32)10-11-9-12(22)3-8-15(11)16(20)26-27-18(30)28(19(31)34-2)13-4-6-14(7-5-13)35-21(23,24)25/h3-9,32H,10H2,1-2H3,(H,27,30). The first-order valence-corrected chi connectivity index (χ1v) is 9.99. The number of benzene rings is 2. The van der Waals surface area contributed by atoms with E-state index in [1.807, 2.05) is 5.43 Å². The smallest absolute Gasteiger partial charge is 0.467 e. The summed E-state index contributed by atoms with van der Waals surface area (Å²) in [6.07, 6.45) is -6.38. The zero-order valence-corrected chi connectivity index (χ0v) is 18.8. The van der Waals surface area contributed by atoms with Crippen LogP contribution in [0.1, 0.15) is 11.1 Å². The molecule has 3 rings (SSSR count). The van der Waals surface area contributed by atoms with Crippen LogP contribution < -0.4 is 15.1 Å². The van der Waals surface area contributed by atoms with Crippen LogP contribution in [0.5, 0.6) is 5.75 Å². The molecule has 2 aromatic carbocycles. The van der Waals surface area contributed by atoms with Crippen LogP contribution in [0.3, 0.4) is 0 Å². The van der Waals surface area contributed by atoms with E-state index in [1.165, 1.54) is 18.2 Å². The first kappa shape index (κ1) is 25.8. The number of hydrogen-bond donors (Lipinski definition) is 2. The number of halogens is 4. The Morgan fingerprint density at radius 3 is 2.34 bits per heavy atom. The number of hydrazone groups is 1. The fourth-order valence-electron chi connectivity index (χ4n) is 3.36. The van der Waals surface area contributed by atoms with Gasteiger partial charge in [-0.2, -0.15) is 10.0 Å². The SMILES string of the molecule is COC(=O)N(C(=O)NN=C1c2ccc(Cl)cc2CC1(O)C(=O)OC)c1ccc(OC(F)(F)F)cc1. The molecule has 0 aromatic heterocycles. The van der Waals surface area contributed by atoms with Crippen molar-refractivity contribution in [3.05, 3.63) is 58.6 Å². The maximum absolute atomic E-state index is 12.8. The van der Waals surface area contributed by atoms with Crippen LogP contribution in [0.4, 0.5) is 28.4 Å². The number of aliphatic hydroxyl groups is 1. The highest BCUT2D eigenvalue weighted by Gasteiger charge is 2.50. The number of urea groups is 1. The predicted octanol–water partition coefficient (Wildman–Crippen LogP) is 3.39. The second kappa shape index (κ2) is 9.80. The van der Waals surface area contributed by atoms with Crippen LogP contribution in [-0.2, 0) is 20.7 Å². The summed E-state index contributed by atoms with van der Waals surface area (Å²) in [7, 11) is 2.03. The number of carbonyl (C=O) groups excluding carboxylic acids is 3. The average molecular weight is 516 g/mol. The molecule has 2 aromatic rings. The van der Waals surface area contributed by atoms with E-state index < -0.39 is 35.8 Å². The molecule has 0 bridgehead atoms. The van der Waals surface area contributed by atoms with Gasteiger partial charge in [0.2, 0.25) is 5.60 Å². The Bertz CT molecular complexity index is 1190. The highest BCUT2D eigenvalue weighted by Crippen LogP contribution is 2.33. The predicted molar refractivity (Wildman–Crippen MR) is 115 cm³/mol. The molecule has 3 amide bonds. The summed E-state index contributed by atoms with van der Waals surface area (Å²) < 4.78 is 50.1. The summed E-state index contributed by atoms with van der Waals surface area (Å²) in [6, 6.07) is 7.01. The fourth-order valence-corrected chi connectivity index (χ4v) is 3.55. The van der Waals surface area contributed by atoms with Crippen molar-refractivity contribution in [1.82, 2.24) is 5.43 Å². The van der Waals surface area contributed by atoms with Crippen LogP contribution >= 0.6 is 11.6 Å². The summed E-state index contributed by atoms with van der Waals surface area (Å²) in [5.41, 5.74) is 0.0571. The number of nitrogens with zero attached hydrogens (tertiary/aromatic N) is 2. The maximum atomic E-state index is 12.8. The Morgan fingerprint density at radius 1 is 1.11 bits per heavy atom. The molecule has 10 nitrogen and oxygen atoms in total. The summed E-state index contributed by atoms with van der Waals surface area (Å²) in [4.78, 5) is 37.8. The fraction of sp³-hybridized carbons (Fsp3) is 0.238. The van der Waals surface area contributed by atoms with Crippen molar-refractivity contribution in [2.45, 2.75) is 18.4 Å². The molecule has 2 N–H and O–H groups in total. The van der Waals surface area contributed by atoms with Gasteiger partial charge in [0, 0.05) is 17.0 Å². The number of imide groups is 1. The van der Waals surface area contributed by atoms with E-state index in [9.17, 15) is 32.7 Å². The van der Waals surface area contributed by atoms with E-state index in [2.05, 4.69) is 19.3 Å². The van der Waals surface area contributed by atoms with Gasteiger partial charge in [0.25, 0.3) is 0 Å². The van der Waals surface area contributed by atoms with E-state index >= 15 is 0 Å². The topological polar surface area (TPSA) is 127 Å². The summed E-state index contributed by atoms with van der Waals surface area (Å²) in [5.74, 6) is -1.64. The largest absolute Gasteiger partial charge is 0.573 e. The number of anilines is 1. The van der Waals surface area contributed by atoms with Gasteiger partial charge in [0.15, 0.2) is 0 Å². The lowest BCUT2D eigenvalue weighted by molar-refractivity contribution is -0.274. The number of fused-ring (bicyclic) bond motifs is 1. The quantitative estimate of drug-likeness (QED) is 0.472. The Balaban J connectivity index is 1.93. The van der Waals surface area contributed by atoms with E-state index in [1.54, 1.807) is 0 Å². The van der Waals surface area contributed by atoms with Crippen molar-refractivity contribution < 1.29 is 46.9 Å². The second-order valence-corrected chi connectivity index (χ2v) is 7.49. The minimum atomic E-state index is -4.94. The van der Waals surface area contributed by atoms with E-state index in [0.717, 1.165) is 38.5 Å². The highest BCUT2D eigenvalue weighted by atomic mass is 35.5. The molecule has 0 spiro atoms. The normalized spacial score (nSPS) is 18.0. The van der Waals surface area contributed by atoms with Gasteiger partial charge < -0.3 is 19.3 Å². The van der Waals surface area contributed by atoms with Crippen molar-refractivity contribution in [1.29, 1.82) is 0 Å². The van der Waals surface area contributed by atoms with Crippen molar-refractivity contribution in [3.63, 3.8) is 0 Å². The molecular formula is C21H17ClF3N3O7. The third-order valence-corrected chi connectivity index (χ3v) is 5.07. The lowest BCUT2D eigenvalue weighted by atomic mass is 9.99. The highest BCUT2D eigenvalue weighted by molar-refractivity contribution is 6.31. The van der Waals surface area contributed by atoms with Crippen LogP contribution in [0.15, 0.2) is 47.6 Å². The first-order valence-electron chi connectivity index (χ1n) is 9.61. The Morgan fingerprint density at radius 2 is 1.77 bits per heavy atom. The summed E-state index contributed by atoms with van der Waals surface area (Å²) >= 11 is 5.98. The Kier molecular flexibility index (Phi) is 7.22. The summed E-state index contributed by atoms with van der Waals surface area (Å²) in [6.45, 7) is 0. The molecule has 35 heavy (non-hydrogen) atoms. The number of carbonyl (C=O) groups is 3. The maximum Gasteiger partial charge on any atom is 0.573 e. The lowest BCUT2D eigenvalue weighted by Gasteiger charge is -2.22. The third-order valence-electron chi connectivity index (χ3n) is 4.84. The zero-order chi connectivity index (χ0) is 26.0. The molecule has 0 saturated carbocycles. The molecule has 0 radical (unpaired) electrons. The van der Waals surface area contributed by atoms with Gasteiger partial charge in [-0.25, -0.2) is 19.8 Å².